The first kappa shape index (κ1) is 63.7. The Kier molecular flexibility index (Phi) is 19.3. The molecule has 22 atom stereocenters. The number of carboxylic acid groups (broad SMARTS) is 1. The van der Waals surface area contributed by atoms with Gasteiger partial charge in [0.05, 0.1) is 85.4 Å². The minimum atomic E-state index is -2.73. The third kappa shape index (κ3) is 12.7. The van der Waals surface area contributed by atoms with Crippen molar-refractivity contribution >= 4 is 41.0 Å². The quantitative estimate of drug-likeness (QED) is 0.0821. The van der Waals surface area contributed by atoms with Gasteiger partial charge in [0.2, 0.25) is 17.3 Å². The lowest BCUT2D eigenvalue weighted by molar-refractivity contribution is -0.316. The number of carbonyl (C=O) groups is 7. The van der Waals surface area contributed by atoms with E-state index in [0.717, 1.165) is 6.08 Å². The molecule has 1 amide bonds. The van der Waals surface area contributed by atoms with Crippen LogP contribution in [0.5, 0.6) is 5.75 Å². The summed E-state index contributed by atoms with van der Waals surface area (Å²) in [4.78, 5) is 94.3. The predicted octanol–water partition coefficient (Wildman–Crippen LogP) is 4.36. The zero-order valence-electron chi connectivity index (χ0n) is 49.4. The van der Waals surface area contributed by atoms with E-state index in [-0.39, 0.29) is 54.5 Å². The number of nitrogens with two attached hydrogens (primary N) is 1. The minimum absolute atomic E-state index is 0.000661. The van der Waals surface area contributed by atoms with Gasteiger partial charge >= 0.3 is 11.9 Å². The third-order valence-corrected chi connectivity index (χ3v) is 18.2. The number of fused-ring (bicyclic) bond motifs is 3. The number of allylic oxidation sites excluding steroid dienone is 2. The summed E-state index contributed by atoms with van der Waals surface area (Å²) in [5.41, 5.74) is 0.852. The summed E-state index contributed by atoms with van der Waals surface area (Å²) in [6.07, 6.45) is -7.55. The third-order valence-electron chi connectivity index (χ3n) is 18.2. The second-order valence-electron chi connectivity index (χ2n) is 24.0. The van der Waals surface area contributed by atoms with Gasteiger partial charge in [0.25, 0.3) is 5.91 Å². The van der Waals surface area contributed by atoms with Crippen molar-refractivity contribution in [2.75, 3.05) is 7.11 Å². The fraction of sp³-hybridized carbons (Fsp3) is 0.717. The Bertz CT molecular complexity index is 2850. The second kappa shape index (κ2) is 26.0. The first-order valence-corrected chi connectivity index (χ1v) is 29.9. The van der Waals surface area contributed by atoms with Crippen molar-refractivity contribution in [2.24, 2.45) is 17.6 Å². The van der Waals surface area contributed by atoms with Gasteiger partial charge < -0.3 is 92.5 Å². The van der Waals surface area contributed by atoms with Gasteiger partial charge in [-0.15, -0.1) is 0 Å². The zero-order valence-corrected chi connectivity index (χ0v) is 49.4. The average molecular weight is 1210 g/mol. The van der Waals surface area contributed by atoms with Crippen molar-refractivity contribution in [1.29, 1.82) is 0 Å². The number of hydrogen-bond acceptors (Lipinski definition) is 24. The van der Waals surface area contributed by atoms with Crippen LogP contribution in [0.15, 0.2) is 29.2 Å². The maximum atomic E-state index is 15.6. The Morgan fingerprint density at radius 2 is 1.06 bits per heavy atom. The summed E-state index contributed by atoms with van der Waals surface area (Å²) in [5.74, 6) is -12.5. The highest BCUT2D eigenvalue weighted by atomic mass is 16.8. The van der Waals surface area contributed by atoms with Crippen molar-refractivity contribution in [3.05, 3.63) is 51.5 Å². The monoisotopic (exact) mass is 1210 g/mol. The van der Waals surface area contributed by atoms with Gasteiger partial charge in [-0.05, 0) is 105 Å². The summed E-state index contributed by atoms with van der Waals surface area (Å²) in [5, 5.41) is 43.7. The van der Waals surface area contributed by atoms with Crippen LogP contribution >= 0.6 is 0 Å². The molecule has 6 saturated heterocycles. The van der Waals surface area contributed by atoms with Crippen molar-refractivity contribution in [1.82, 2.24) is 0 Å². The minimum Gasteiger partial charge on any atom is -0.508 e. The molecule has 1 aromatic rings. The van der Waals surface area contributed by atoms with Gasteiger partial charge in [-0.25, -0.2) is 0 Å². The number of aliphatic carboxylic acids is 1. The molecule has 6 N–H and O–H groups in total. The molecule has 9 aliphatic rings. The molecule has 6 fully saturated rings. The first-order valence-electron chi connectivity index (χ1n) is 29.9. The van der Waals surface area contributed by atoms with Gasteiger partial charge in [0, 0.05) is 56.1 Å². The Balaban J connectivity index is 0.785. The highest BCUT2D eigenvalue weighted by Gasteiger charge is 2.66. The molecule has 22 unspecified atom stereocenters. The number of amides is 1. The molecule has 0 aromatic heterocycles. The topological polar surface area (TPSA) is 356 Å². The van der Waals surface area contributed by atoms with E-state index in [2.05, 4.69) is 0 Å². The van der Waals surface area contributed by atoms with Crippen LogP contribution in [0.4, 0.5) is 0 Å². The van der Waals surface area contributed by atoms with E-state index < -0.39 is 192 Å². The van der Waals surface area contributed by atoms with E-state index in [1.807, 2.05) is 13.8 Å². The molecular formula is C60H79NO25. The molecule has 0 radical (unpaired) electrons. The van der Waals surface area contributed by atoms with Gasteiger partial charge in [-0.2, -0.15) is 0 Å². The van der Waals surface area contributed by atoms with Crippen molar-refractivity contribution < 1.29 is 120 Å². The molecular weight excluding hydrogens is 1130 g/mol. The van der Waals surface area contributed by atoms with Crippen LogP contribution in [-0.4, -0.2) is 191 Å². The highest BCUT2D eigenvalue weighted by molar-refractivity contribution is 6.28. The molecule has 0 spiro atoms. The van der Waals surface area contributed by atoms with Gasteiger partial charge in [0.1, 0.15) is 29.3 Å². The number of methoxy groups -OCH3 is 1. The number of primary amides is 1. The van der Waals surface area contributed by atoms with Crippen LogP contribution < -0.4 is 5.73 Å². The SMILES string of the molecule is COC1=CC(=O)c2c(cc3c(c2O)C(=O)C2(OC4CCC(OC5CCC(O)C(C)O5)C(C)O4)C(O)=C(C(N)=O)C(=O)C(OC4CCC(OC5CCC(OC6CCC(OC7CCC(OC(=O)C(C)C(=O)O)C(C)O7)C(C)O6)C(C)O5)C(C)O4)C2C3)C1=O. The normalized spacial score (nSPS) is 39.8. The summed E-state index contributed by atoms with van der Waals surface area (Å²) in [7, 11) is 1.20. The zero-order chi connectivity index (χ0) is 61.8. The summed E-state index contributed by atoms with van der Waals surface area (Å²) in [6, 6.07) is 1.25. The fourth-order valence-electron chi connectivity index (χ4n) is 13.2. The fourth-order valence-corrected chi connectivity index (χ4v) is 13.2. The van der Waals surface area contributed by atoms with Crippen molar-refractivity contribution in [2.45, 2.75) is 255 Å². The Morgan fingerprint density at radius 1 is 0.616 bits per heavy atom. The van der Waals surface area contributed by atoms with Crippen LogP contribution in [-0.2, 0) is 91.9 Å². The first-order chi connectivity index (χ1) is 40.9. The number of hydrogen-bond donors (Lipinski definition) is 5. The Hall–Kier alpha value is -5.33. The smallest absolute Gasteiger partial charge is 0.320 e. The lowest BCUT2D eigenvalue weighted by Gasteiger charge is -2.50. The number of carboxylic acids is 1. The number of aromatic hydroxyl groups is 1. The van der Waals surface area contributed by atoms with E-state index >= 15 is 4.79 Å². The van der Waals surface area contributed by atoms with Crippen LogP contribution in [0.2, 0.25) is 0 Å². The highest BCUT2D eigenvalue weighted by Crippen LogP contribution is 2.52. The molecule has 1 aromatic carbocycles. The number of benzene rings is 1. The number of rotatable bonds is 17. The summed E-state index contributed by atoms with van der Waals surface area (Å²) < 4.78 is 86.5. The molecule has 86 heavy (non-hydrogen) atoms. The second-order valence-corrected chi connectivity index (χ2v) is 24.0. The van der Waals surface area contributed by atoms with E-state index in [1.54, 1.807) is 27.7 Å². The standard InChI is InChI=1S/C60H79NO25/c1-24(58(70)71)59(72)84-40-13-18-45(77-30(40)7)82-37-11-16-43(75-27(37)4)81-36-10-17-44(76-26(36)3)83-38-12-19-46(78-28(38)5)85-54-33-22-31-21-32-49(35(63)23-41(73-8)51(32)64)52(65)48(31)55(67)60(33,56(68)50(53(54)66)57(61)69)86-47-20-14-39(29(6)79-47)80-42-15-9-34(62)25(2)74-42/h21,23-30,33-34,36-40,42-47,54,62,65,68H,9-20,22H2,1-8H3,(H2,61,69)(H,70,71). The van der Waals surface area contributed by atoms with Gasteiger partial charge in [-0.1, -0.05) is 0 Å². The number of Topliss-reactive ketones (excluding diaryl/α,β-unsaturated/α-hetero) is 3. The van der Waals surface area contributed by atoms with Crippen LogP contribution in [0.1, 0.15) is 162 Å². The van der Waals surface area contributed by atoms with Crippen LogP contribution in [0, 0.1) is 11.8 Å². The molecule has 3 aliphatic carbocycles. The van der Waals surface area contributed by atoms with Gasteiger partial charge in [-0.3, -0.25) is 33.6 Å². The van der Waals surface area contributed by atoms with Crippen LogP contribution in [0.3, 0.4) is 0 Å². The van der Waals surface area contributed by atoms with E-state index in [9.17, 15) is 44.1 Å². The molecule has 6 aliphatic heterocycles. The molecule has 6 heterocycles. The number of phenols is 1. The van der Waals surface area contributed by atoms with Crippen LogP contribution in [0.25, 0.3) is 0 Å². The number of phenolic OH excluding ortho intramolecular Hbond substituents is 1. The number of esters is 1. The van der Waals surface area contributed by atoms with Gasteiger partial charge in [0.15, 0.2) is 60.8 Å². The van der Waals surface area contributed by atoms with E-state index in [1.165, 1.54) is 20.1 Å². The molecule has 0 saturated carbocycles. The number of ketones is 4. The maximum Gasteiger partial charge on any atom is 0.320 e. The largest absolute Gasteiger partial charge is 0.508 e. The number of aliphatic hydroxyl groups excluding tert-OH is 2. The molecule has 0 bridgehead atoms. The predicted molar refractivity (Wildman–Crippen MR) is 290 cm³/mol. The number of ether oxygens (including phenoxy) is 14. The van der Waals surface area contributed by atoms with Crippen molar-refractivity contribution in [3.8, 4) is 5.75 Å². The molecule has 474 valence electrons. The number of aliphatic hydroxyl groups is 2. The maximum absolute atomic E-state index is 15.6. The lowest BCUT2D eigenvalue weighted by Crippen LogP contribution is -2.65. The Morgan fingerprint density at radius 3 is 1.51 bits per heavy atom. The molecule has 26 heteroatoms. The van der Waals surface area contributed by atoms with E-state index in [4.69, 9.17) is 77.2 Å². The molecule has 10 rings (SSSR count). The lowest BCUT2D eigenvalue weighted by atomic mass is 9.62. The van der Waals surface area contributed by atoms with E-state index in [0.29, 0.717) is 57.8 Å². The Labute approximate surface area is 496 Å². The average Bonchev–Trinajstić information content (AvgIpc) is 0.699. The number of carbonyl (C=O) groups excluding carboxylic acids is 6. The van der Waals surface area contributed by atoms with Crippen molar-refractivity contribution in [3.63, 3.8) is 0 Å². The summed E-state index contributed by atoms with van der Waals surface area (Å²) >= 11 is 0. The summed E-state index contributed by atoms with van der Waals surface area (Å²) in [6.45, 7) is 12.0. The molecule has 26 nitrogen and oxygen atoms in total.